The van der Waals surface area contributed by atoms with Crippen molar-refractivity contribution in [3.05, 3.63) is 30.1 Å². The van der Waals surface area contributed by atoms with E-state index in [1.54, 1.807) is 0 Å². The number of nitrogens with zero attached hydrogens (tertiary/aromatic N) is 4. The molecule has 190 valence electrons. The molecule has 7 heteroatoms. The average molecular weight is 479 g/mol. The third-order valence-electron chi connectivity index (χ3n) is 8.58. The van der Waals surface area contributed by atoms with E-state index >= 15 is 0 Å². The largest absolute Gasteiger partial charge is 0.358 e. The van der Waals surface area contributed by atoms with Crippen molar-refractivity contribution >= 4 is 22.6 Å². The zero-order valence-corrected chi connectivity index (χ0v) is 21.8. The second-order valence-electron chi connectivity index (χ2n) is 11.5. The van der Waals surface area contributed by atoms with E-state index in [1.165, 1.54) is 25.7 Å². The highest BCUT2D eigenvalue weighted by molar-refractivity contribution is 5.92. The molecule has 0 radical (unpaired) electrons. The van der Waals surface area contributed by atoms with E-state index in [4.69, 9.17) is 9.97 Å². The highest BCUT2D eigenvalue weighted by atomic mass is 16.2. The van der Waals surface area contributed by atoms with Gasteiger partial charge in [0.2, 0.25) is 5.91 Å². The molecule has 2 aromatic rings. The highest BCUT2D eigenvalue weighted by Gasteiger charge is 2.35. The Hall–Kier alpha value is -2.25. The van der Waals surface area contributed by atoms with Gasteiger partial charge >= 0.3 is 0 Å². The van der Waals surface area contributed by atoms with E-state index in [0.717, 1.165) is 54.0 Å². The second kappa shape index (κ2) is 10.4. The number of amides is 1. The topological polar surface area (TPSA) is 73.4 Å². The summed E-state index contributed by atoms with van der Waals surface area (Å²) in [5, 5.41) is 7.73. The van der Waals surface area contributed by atoms with Gasteiger partial charge in [-0.1, -0.05) is 39.8 Å². The zero-order chi connectivity index (χ0) is 24.5. The summed E-state index contributed by atoms with van der Waals surface area (Å²) in [5.74, 6) is 3.46. The summed E-state index contributed by atoms with van der Waals surface area (Å²) in [4.78, 5) is 28.4. The molecule has 7 nitrogen and oxygen atoms in total. The zero-order valence-electron chi connectivity index (χ0n) is 21.8. The minimum absolute atomic E-state index is 0.0562. The summed E-state index contributed by atoms with van der Waals surface area (Å²) in [6.07, 6.45) is 5.30. The molecule has 2 fully saturated rings. The van der Waals surface area contributed by atoms with Crippen molar-refractivity contribution in [1.29, 1.82) is 0 Å². The van der Waals surface area contributed by atoms with Crippen LogP contribution >= 0.6 is 0 Å². The summed E-state index contributed by atoms with van der Waals surface area (Å²) >= 11 is 0. The van der Waals surface area contributed by atoms with E-state index < -0.39 is 0 Å². The molecule has 2 aliphatic heterocycles. The van der Waals surface area contributed by atoms with E-state index in [1.807, 2.05) is 24.3 Å². The maximum absolute atomic E-state index is 13.3. The van der Waals surface area contributed by atoms with E-state index in [2.05, 4.69) is 48.1 Å². The number of carbonyl (C=O) groups excluding carboxylic acids is 1. The maximum atomic E-state index is 13.3. The minimum atomic E-state index is -0.335. The number of fused-ring (bicyclic) bond motifs is 5. The Kier molecular flexibility index (Phi) is 7.26. The Bertz CT molecular complexity index is 1030. The van der Waals surface area contributed by atoms with Gasteiger partial charge in [0.25, 0.3) is 0 Å². The van der Waals surface area contributed by atoms with Crippen LogP contribution in [0, 0.1) is 17.8 Å². The quantitative estimate of drug-likeness (QED) is 0.697. The Balaban J connectivity index is 1.39. The fourth-order valence-corrected chi connectivity index (χ4v) is 6.28. The molecule has 5 rings (SSSR count). The van der Waals surface area contributed by atoms with Crippen LogP contribution in [0.4, 0.5) is 5.82 Å². The third kappa shape index (κ3) is 5.31. The number of anilines is 1. The molecule has 1 saturated carbocycles. The minimum Gasteiger partial charge on any atom is -0.358 e. The number of nitrogens with one attached hydrogen (secondary N) is 2. The van der Waals surface area contributed by atoms with Gasteiger partial charge in [0.15, 0.2) is 0 Å². The molecule has 35 heavy (non-hydrogen) atoms. The predicted molar refractivity (Wildman–Crippen MR) is 141 cm³/mol. The number of rotatable bonds is 3. The van der Waals surface area contributed by atoms with Crippen LogP contribution in [0.15, 0.2) is 24.3 Å². The molecular weight excluding hydrogens is 436 g/mol. The van der Waals surface area contributed by atoms with E-state index in [-0.39, 0.29) is 23.9 Å². The molecule has 2 bridgehead atoms. The maximum Gasteiger partial charge on any atom is 0.242 e. The summed E-state index contributed by atoms with van der Waals surface area (Å²) in [5.41, 5.74) is 0.930. The molecule has 1 aromatic heterocycles. The first-order valence-corrected chi connectivity index (χ1v) is 13.7. The van der Waals surface area contributed by atoms with Crippen LogP contribution in [0.5, 0.6) is 0 Å². The number of hydrogen-bond acceptors (Lipinski definition) is 6. The van der Waals surface area contributed by atoms with Crippen molar-refractivity contribution in [3.8, 4) is 0 Å². The van der Waals surface area contributed by atoms with Crippen molar-refractivity contribution in [2.75, 3.05) is 31.5 Å². The lowest BCUT2D eigenvalue weighted by molar-refractivity contribution is -0.123. The first-order valence-electron chi connectivity index (χ1n) is 13.7. The van der Waals surface area contributed by atoms with Crippen molar-refractivity contribution in [2.45, 2.75) is 78.0 Å². The SMILES string of the molecule is CC(C)C1CCC(N2CCN3Cc4nc(c5ccccc5n4)N[C@@H](C(C)C)C(=O)NCC3C2)CC1. The van der Waals surface area contributed by atoms with Crippen LogP contribution < -0.4 is 10.6 Å². The Morgan fingerprint density at radius 2 is 1.66 bits per heavy atom. The monoisotopic (exact) mass is 478 g/mol. The van der Waals surface area contributed by atoms with Gasteiger partial charge < -0.3 is 10.6 Å². The third-order valence-corrected chi connectivity index (χ3v) is 8.58. The molecule has 1 saturated heterocycles. The van der Waals surface area contributed by atoms with Crippen LogP contribution in [0.3, 0.4) is 0 Å². The van der Waals surface area contributed by atoms with Gasteiger partial charge in [-0.25, -0.2) is 9.97 Å². The molecule has 2 N–H and O–H groups in total. The lowest BCUT2D eigenvalue weighted by atomic mass is 9.79. The Morgan fingerprint density at radius 1 is 0.914 bits per heavy atom. The average Bonchev–Trinajstić information content (AvgIpc) is 2.87. The predicted octanol–water partition coefficient (Wildman–Crippen LogP) is 3.90. The van der Waals surface area contributed by atoms with Gasteiger partial charge in [0.1, 0.15) is 17.7 Å². The Morgan fingerprint density at radius 3 is 2.40 bits per heavy atom. The number of benzene rings is 1. The van der Waals surface area contributed by atoms with Crippen molar-refractivity contribution in [3.63, 3.8) is 0 Å². The summed E-state index contributed by atoms with van der Waals surface area (Å²) in [6, 6.07) is 8.70. The fraction of sp³-hybridized carbons (Fsp3) is 0.679. The van der Waals surface area contributed by atoms with Gasteiger partial charge in [-0.05, 0) is 55.6 Å². The van der Waals surface area contributed by atoms with Crippen molar-refractivity contribution < 1.29 is 4.79 Å². The van der Waals surface area contributed by atoms with Gasteiger partial charge in [-0.15, -0.1) is 0 Å². The lowest BCUT2D eigenvalue weighted by Gasteiger charge is -2.46. The van der Waals surface area contributed by atoms with Crippen LogP contribution in [0.25, 0.3) is 10.9 Å². The van der Waals surface area contributed by atoms with Gasteiger partial charge in [0, 0.05) is 43.6 Å². The summed E-state index contributed by atoms with van der Waals surface area (Å²) < 4.78 is 0. The lowest BCUT2D eigenvalue weighted by Crippen LogP contribution is -2.59. The Labute approximate surface area is 210 Å². The van der Waals surface area contributed by atoms with Crippen molar-refractivity contribution in [2.24, 2.45) is 17.8 Å². The van der Waals surface area contributed by atoms with Crippen molar-refractivity contribution in [1.82, 2.24) is 25.1 Å². The van der Waals surface area contributed by atoms with Gasteiger partial charge in [0.05, 0.1) is 12.1 Å². The number of aromatic nitrogens is 2. The highest BCUT2D eigenvalue weighted by Crippen LogP contribution is 2.33. The molecular formula is C28H42N6O. The number of para-hydroxylation sites is 1. The normalized spacial score (nSPS) is 28.9. The van der Waals surface area contributed by atoms with E-state index in [0.29, 0.717) is 19.1 Å². The van der Waals surface area contributed by atoms with Crippen LogP contribution in [0.1, 0.15) is 59.2 Å². The standard InChI is InChI=1S/C28H42N6O/c1-18(2)20-9-11-21(12-10-20)33-13-14-34-17-25-30-24-8-6-5-7-23(24)27(31-25)32-26(19(3)4)28(35)29-15-22(34)16-33/h5-8,18-22,26H,9-17H2,1-4H3,(H,29,35)(H,30,31,32)/t20?,21?,22?,26-/m0/s1. The molecule has 3 aliphatic rings. The summed E-state index contributed by atoms with van der Waals surface area (Å²) in [6.45, 7) is 13.3. The van der Waals surface area contributed by atoms with E-state index in [9.17, 15) is 4.79 Å². The molecule has 1 aromatic carbocycles. The number of hydrogen-bond donors (Lipinski definition) is 2. The van der Waals surface area contributed by atoms with Crippen LogP contribution in [-0.2, 0) is 11.3 Å². The smallest absolute Gasteiger partial charge is 0.242 e. The summed E-state index contributed by atoms with van der Waals surface area (Å²) in [7, 11) is 0. The van der Waals surface area contributed by atoms with Crippen LogP contribution in [0.2, 0.25) is 0 Å². The number of carbonyl (C=O) groups is 1. The molecule has 1 unspecified atom stereocenters. The first-order chi connectivity index (χ1) is 16.9. The molecule has 2 atom stereocenters. The molecule has 1 aliphatic carbocycles. The molecule has 0 spiro atoms. The second-order valence-corrected chi connectivity index (χ2v) is 11.5. The van der Waals surface area contributed by atoms with Crippen LogP contribution in [-0.4, -0.2) is 70.0 Å². The first kappa shape index (κ1) is 24.4. The van der Waals surface area contributed by atoms with Gasteiger partial charge in [-0.3, -0.25) is 14.6 Å². The molecule has 1 amide bonds. The van der Waals surface area contributed by atoms with Gasteiger partial charge in [-0.2, -0.15) is 0 Å². The fourth-order valence-electron chi connectivity index (χ4n) is 6.28. The molecule has 3 heterocycles. The number of piperazine rings is 1.